The Morgan fingerprint density at radius 3 is 2.27 bits per heavy atom. The quantitative estimate of drug-likeness (QED) is 0.0485. The monoisotopic (exact) mass is 719 g/mol. The summed E-state index contributed by atoms with van der Waals surface area (Å²) in [6.07, 6.45) is 2.99. The van der Waals surface area contributed by atoms with Crippen LogP contribution in [0, 0.1) is 0 Å². The summed E-state index contributed by atoms with van der Waals surface area (Å²) < 4.78 is 9.60. The number of aromatic nitrogens is 1. The van der Waals surface area contributed by atoms with Gasteiger partial charge < -0.3 is 30.7 Å². The first-order valence-electron chi connectivity index (χ1n) is 14.6. The molecule has 0 fully saturated rings. The predicted molar refractivity (Wildman–Crippen MR) is 186 cm³/mol. The number of carbonyl (C=O) groups is 3. The summed E-state index contributed by atoms with van der Waals surface area (Å²) in [5, 5.41) is 23.5. The summed E-state index contributed by atoms with van der Waals surface area (Å²) in [5.41, 5.74) is 8.08. The van der Waals surface area contributed by atoms with Crippen molar-refractivity contribution < 1.29 is 34.1 Å². The molecule has 7 N–H and O–H groups in total. The lowest BCUT2D eigenvalue weighted by atomic mass is 10.00. The first kappa shape index (κ1) is 38.0. The van der Waals surface area contributed by atoms with Crippen molar-refractivity contribution in [1.82, 2.24) is 10.3 Å². The number of pyridine rings is 1. The van der Waals surface area contributed by atoms with Gasteiger partial charge in [-0.05, 0) is 79.7 Å². The second kappa shape index (κ2) is 17.1. The number of nitrogens with two attached hydrogens (primary N) is 2. The number of hydrazine groups is 1. The minimum Gasteiger partial charge on any atom is -0.490 e. The van der Waals surface area contributed by atoms with Crippen molar-refractivity contribution >= 4 is 74.8 Å². The molecule has 48 heavy (non-hydrogen) atoms. The summed E-state index contributed by atoms with van der Waals surface area (Å²) in [4.78, 5) is 39.6. The fraction of sp³-hybridized carbons (Fsp3) is 0.273. The van der Waals surface area contributed by atoms with Crippen LogP contribution in [0.2, 0.25) is 0 Å². The van der Waals surface area contributed by atoms with Gasteiger partial charge in [-0.25, -0.2) is 10.6 Å². The second-order valence-electron chi connectivity index (χ2n) is 10.7. The van der Waals surface area contributed by atoms with Gasteiger partial charge in [0.15, 0.2) is 11.5 Å². The Morgan fingerprint density at radius 2 is 1.67 bits per heavy atom. The Kier molecular flexibility index (Phi) is 13.5. The number of alkyl halides is 3. The van der Waals surface area contributed by atoms with Gasteiger partial charge in [0, 0.05) is 23.5 Å². The van der Waals surface area contributed by atoms with Gasteiger partial charge in [-0.3, -0.25) is 19.6 Å². The van der Waals surface area contributed by atoms with Crippen molar-refractivity contribution in [2.24, 2.45) is 5.84 Å². The third-order valence-corrected chi connectivity index (χ3v) is 7.13. The normalized spacial score (nSPS) is 12.3. The molecule has 1 unspecified atom stereocenters. The van der Waals surface area contributed by atoms with Crippen LogP contribution in [-0.2, 0) is 14.4 Å². The van der Waals surface area contributed by atoms with Crippen molar-refractivity contribution in [3.8, 4) is 11.5 Å². The van der Waals surface area contributed by atoms with Gasteiger partial charge in [0.2, 0.25) is 5.91 Å². The maximum absolute atomic E-state index is 14.1. The molecule has 2 atom stereocenters. The van der Waals surface area contributed by atoms with E-state index in [0.29, 0.717) is 40.6 Å². The average molecular weight is 721 g/mol. The number of ether oxygens (including phenoxy) is 2. The van der Waals surface area contributed by atoms with E-state index in [2.05, 4.69) is 10.3 Å². The number of nitrogens with one attached hydrogen (secondary N) is 1. The Hall–Kier alpha value is -4.49. The molecule has 0 aliphatic carbocycles. The van der Waals surface area contributed by atoms with E-state index in [-0.39, 0.29) is 12.5 Å². The van der Waals surface area contributed by atoms with Crippen LogP contribution in [0.3, 0.4) is 0 Å². The van der Waals surface area contributed by atoms with E-state index in [1.54, 1.807) is 60.9 Å². The molecule has 256 valence electrons. The number of fused-ring (bicyclic) bond motifs is 1. The maximum Gasteiger partial charge on any atom is 0.356 e. The number of amides is 1. The number of carboxylic acid groups (broad SMARTS) is 2. The summed E-state index contributed by atoms with van der Waals surface area (Å²) >= 11 is 14.4. The molecule has 0 saturated heterocycles. The molecule has 0 radical (unpaired) electrons. The van der Waals surface area contributed by atoms with E-state index in [9.17, 15) is 19.5 Å². The van der Waals surface area contributed by atoms with E-state index in [1.807, 2.05) is 39.0 Å². The van der Waals surface area contributed by atoms with Crippen LogP contribution < -0.4 is 31.4 Å². The Labute approximate surface area is 292 Å². The zero-order chi connectivity index (χ0) is 35.6. The van der Waals surface area contributed by atoms with Crippen LogP contribution in [0.5, 0.6) is 11.5 Å². The predicted octanol–water partition coefficient (Wildman–Crippen LogP) is 6.20. The van der Waals surface area contributed by atoms with Gasteiger partial charge in [0.1, 0.15) is 6.04 Å². The minimum absolute atomic E-state index is 0.0904. The molecule has 12 nitrogen and oxygen atoms in total. The molecule has 0 saturated carbocycles. The number of carboxylic acids is 2. The number of hydrogen-bond acceptors (Lipinski definition) is 9. The topological polar surface area (TPSA) is 190 Å². The van der Waals surface area contributed by atoms with Crippen LogP contribution in [0.15, 0.2) is 79.1 Å². The number of nitrogens with zero attached hydrogens (tertiary/aromatic N) is 2. The third kappa shape index (κ3) is 10.8. The van der Waals surface area contributed by atoms with Crippen LogP contribution >= 0.6 is 34.8 Å². The molecule has 4 aromatic rings. The maximum atomic E-state index is 14.1. The lowest BCUT2D eigenvalue weighted by molar-refractivity contribution is -0.138. The molecule has 0 aliphatic rings. The summed E-state index contributed by atoms with van der Waals surface area (Å²) in [7, 11) is 0. The number of aliphatic carboxylic acids is 2. The lowest BCUT2D eigenvalue weighted by Gasteiger charge is -2.31. The molecule has 1 amide bonds. The van der Waals surface area contributed by atoms with Crippen molar-refractivity contribution in [3.63, 3.8) is 0 Å². The Balaban J connectivity index is 0.000000804. The molecule has 1 heterocycles. The number of hydrogen-bond donors (Lipinski definition) is 5. The molecule has 4 rings (SSSR count). The molecule has 0 aliphatic heterocycles. The van der Waals surface area contributed by atoms with E-state index in [0.717, 1.165) is 10.8 Å². The summed E-state index contributed by atoms with van der Waals surface area (Å²) in [6.45, 7) is 6.07. The fourth-order valence-electron chi connectivity index (χ4n) is 4.59. The molecule has 0 bridgehead atoms. The van der Waals surface area contributed by atoms with Crippen molar-refractivity contribution in [1.29, 1.82) is 0 Å². The smallest absolute Gasteiger partial charge is 0.356 e. The first-order chi connectivity index (χ1) is 22.6. The van der Waals surface area contributed by atoms with Gasteiger partial charge >= 0.3 is 11.9 Å². The zero-order valence-electron chi connectivity index (χ0n) is 26.3. The van der Waals surface area contributed by atoms with Crippen LogP contribution in [0.4, 0.5) is 11.4 Å². The summed E-state index contributed by atoms with van der Waals surface area (Å²) in [6, 6.07) is 17.5. The number of anilines is 2. The highest BCUT2D eigenvalue weighted by Crippen LogP contribution is 2.35. The van der Waals surface area contributed by atoms with Gasteiger partial charge in [0.05, 0.1) is 30.9 Å². The first-order valence-corrected chi connectivity index (χ1v) is 15.7. The van der Waals surface area contributed by atoms with Gasteiger partial charge in [-0.15, -0.1) is 0 Å². The van der Waals surface area contributed by atoms with E-state index in [1.165, 1.54) is 5.01 Å². The van der Waals surface area contributed by atoms with Gasteiger partial charge in [0.25, 0.3) is 3.79 Å². The Bertz CT molecular complexity index is 1740. The van der Waals surface area contributed by atoms with Gasteiger partial charge in [-0.2, -0.15) is 0 Å². The van der Waals surface area contributed by atoms with Gasteiger partial charge in [-0.1, -0.05) is 59.1 Å². The van der Waals surface area contributed by atoms with E-state index in [4.69, 9.17) is 61.0 Å². The molecular weight excluding hydrogens is 685 g/mol. The van der Waals surface area contributed by atoms with Crippen LogP contribution in [0.25, 0.3) is 10.8 Å². The van der Waals surface area contributed by atoms with Crippen LogP contribution in [-0.4, -0.2) is 49.5 Å². The zero-order valence-corrected chi connectivity index (χ0v) is 28.5. The number of benzene rings is 3. The average Bonchev–Trinajstić information content (AvgIpc) is 3.01. The standard InChI is InChI=1S/C31H35N5O5.C2HCl3O2/c1-4-40-28-16-22(9-11-27(28)41-19(2)3)30(36(33)25-10-8-23-18-34-13-12-20(23)15-25)31(39)35-26(17-29(37)38)21-6-5-7-24(32)14-21;3-2(4,5)1(6)7/h5-16,18-19,26,30H,4,17,32-33H2,1-3H3,(H,35,39)(H,37,38);(H,6,7)/t26-,30?;/m1./s1. The minimum atomic E-state index is -2.17. The highest BCUT2D eigenvalue weighted by atomic mass is 35.6. The highest BCUT2D eigenvalue weighted by Gasteiger charge is 2.31. The van der Waals surface area contributed by atoms with Crippen molar-refractivity contribution in [2.45, 2.75) is 49.2 Å². The van der Waals surface area contributed by atoms with Crippen LogP contribution in [0.1, 0.15) is 50.4 Å². The molecule has 0 spiro atoms. The number of nitrogen functional groups attached to an aromatic ring is 1. The number of rotatable bonds is 12. The van der Waals surface area contributed by atoms with E-state index < -0.39 is 33.7 Å². The molecule has 1 aromatic heterocycles. The number of halogens is 3. The third-order valence-electron chi connectivity index (χ3n) is 6.65. The Morgan fingerprint density at radius 1 is 0.958 bits per heavy atom. The van der Waals surface area contributed by atoms with Crippen molar-refractivity contribution in [3.05, 3.63) is 90.3 Å². The lowest BCUT2D eigenvalue weighted by Crippen LogP contribution is -2.45. The molecular formula is C33H36Cl3N5O7. The molecule has 15 heteroatoms. The fourth-order valence-corrected chi connectivity index (χ4v) is 4.59. The summed E-state index contributed by atoms with van der Waals surface area (Å²) in [5.74, 6) is 4.66. The second-order valence-corrected chi connectivity index (χ2v) is 12.9. The highest BCUT2D eigenvalue weighted by molar-refractivity contribution is 6.75. The molecule has 3 aromatic carbocycles. The SMILES string of the molecule is CCOc1cc(C(C(=O)N[C@H](CC(=O)O)c2cccc(N)c2)N(N)c2ccc3cnccc3c2)ccc1OC(C)C.O=C(O)C(Cl)(Cl)Cl. The number of carbonyl (C=O) groups excluding carboxylic acids is 1. The van der Waals surface area contributed by atoms with Crippen molar-refractivity contribution in [2.75, 3.05) is 17.3 Å². The van der Waals surface area contributed by atoms with E-state index >= 15 is 0 Å². The largest absolute Gasteiger partial charge is 0.490 e.